The minimum absolute atomic E-state index is 0.0228. The summed E-state index contributed by atoms with van der Waals surface area (Å²) < 4.78 is 38.9. The van der Waals surface area contributed by atoms with Crippen molar-refractivity contribution in [2.75, 3.05) is 6.61 Å². The fourth-order valence-corrected chi connectivity index (χ4v) is 4.96. The number of ether oxygens (including phenoxy) is 2. The van der Waals surface area contributed by atoms with E-state index in [9.17, 15) is 8.78 Å². The highest BCUT2D eigenvalue weighted by Gasteiger charge is 2.30. The van der Waals surface area contributed by atoms with Gasteiger partial charge in [-0.25, -0.2) is 0 Å². The van der Waals surface area contributed by atoms with Crippen molar-refractivity contribution in [3.05, 3.63) is 36.1 Å². The number of hydrogen-bond acceptors (Lipinski definition) is 2. The van der Waals surface area contributed by atoms with Crippen molar-refractivity contribution in [3.8, 4) is 11.5 Å². The second-order valence-electron chi connectivity index (χ2n) is 8.56. The summed E-state index contributed by atoms with van der Waals surface area (Å²) in [5.74, 6) is 1.03. The van der Waals surface area contributed by atoms with E-state index in [1.54, 1.807) is 13.0 Å². The lowest BCUT2D eigenvalue weighted by Crippen LogP contribution is -2.27. The molecular weight excluding hydrogens is 358 g/mol. The van der Waals surface area contributed by atoms with Gasteiger partial charge < -0.3 is 9.47 Å². The zero-order chi connectivity index (χ0) is 19.9. The van der Waals surface area contributed by atoms with Crippen LogP contribution in [0, 0.1) is 35.3 Å². The number of benzene rings is 1. The van der Waals surface area contributed by atoms with E-state index < -0.39 is 11.6 Å². The Labute approximate surface area is 168 Å². The van der Waals surface area contributed by atoms with Crippen LogP contribution in [0.5, 0.6) is 11.5 Å². The Bertz CT molecular complexity index is 642. The van der Waals surface area contributed by atoms with Crippen LogP contribution in [-0.4, -0.2) is 6.61 Å². The molecule has 2 nitrogen and oxygen atoms in total. The van der Waals surface area contributed by atoms with Gasteiger partial charge in [0.2, 0.25) is 11.6 Å². The van der Waals surface area contributed by atoms with Gasteiger partial charge in [0.15, 0.2) is 11.5 Å². The monoisotopic (exact) mass is 392 g/mol. The van der Waals surface area contributed by atoms with E-state index in [2.05, 4.69) is 6.92 Å². The smallest absolute Gasteiger partial charge is 0.205 e. The van der Waals surface area contributed by atoms with E-state index in [0.717, 1.165) is 30.6 Å². The van der Waals surface area contributed by atoms with E-state index in [0.29, 0.717) is 12.5 Å². The van der Waals surface area contributed by atoms with Gasteiger partial charge in [-0.3, -0.25) is 0 Å². The maximum absolute atomic E-state index is 14.2. The quantitative estimate of drug-likeness (QED) is 0.454. The van der Waals surface area contributed by atoms with Gasteiger partial charge in [-0.15, -0.1) is 0 Å². The summed E-state index contributed by atoms with van der Waals surface area (Å²) in [6, 6.07) is 2.87. The van der Waals surface area contributed by atoms with Gasteiger partial charge in [-0.05, 0) is 81.3 Å². The summed E-state index contributed by atoms with van der Waals surface area (Å²) in [6.07, 6.45) is 14.6. The first kappa shape index (κ1) is 21.1. The van der Waals surface area contributed by atoms with Crippen molar-refractivity contribution in [1.29, 1.82) is 0 Å². The Hall–Kier alpha value is -1.58. The van der Waals surface area contributed by atoms with Crippen molar-refractivity contribution in [2.24, 2.45) is 23.7 Å². The number of halogens is 2. The number of hydrogen-bond donors (Lipinski definition) is 0. The van der Waals surface area contributed by atoms with Crippen LogP contribution in [0.4, 0.5) is 8.78 Å². The Morgan fingerprint density at radius 2 is 1.39 bits per heavy atom. The van der Waals surface area contributed by atoms with Gasteiger partial charge >= 0.3 is 0 Å². The molecule has 0 amide bonds. The second kappa shape index (κ2) is 10.3. The lowest BCUT2D eigenvalue weighted by atomic mass is 9.69. The van der Waals surface area contributed by atoms with Gasteiger partial charge in [0.05, 0.1) is 12.9 Å². The molecule has 0 unspecified atom stereocenters. The molecule has 0 N–H and O–H groups in total. The lowest BCUT2D eigenvalue weighted by Gasteiger charge is -2.37. The molecule has 28 heavy (non-hydrogen) atoms. The molecule has 0 aliphatic heterocycles. The maximum Gasteiger partial charge on any atom is 0.205 e. The minimum atomic E-state index is -0.998. The predicted octanol–water partition coefficient (Wildman–Crippen LogP) is 7.28. The SMILES string of the molecule is CC=COc1ccc(OCC2CCC(C3CCC(CC)CC3)CC2)c(F)c1F. The normalized spacial score (nSPS) is 28.4. The van der Waals surface area contributed by atoms with Gasteiger partial charge in [0.25, 0.3) is 0 Å². The fourth-order valence-electron chi connectivity index (χ4n) is 4.96. The lowest BCUT2D eigenvalue weighted by molar-refractivity contribution is 0.121. The Morgan fingerprint density at radius 3 is 1.96 bits per heavy atom. The van der Waals surface area contributed by atoms with Crippen molar-refractivity contribution < 1.29 is 18.3 Å². The molecule has 3 rings (SSSR count). The van der Waals surface area contributed by atoms with Crippen LogP contribution in [-0.2, 0) is 0 Å². The van der Waals surface area contributed by atoms with Crippen LogP contribution >= 0.6 is 0 Å². The van der Waals surface area contributed by atoms with Crippen molar-refractivity contribution in [3.63, 3.8) is 0 Å². The van der Waals surface area contributed by atoms with Gasteiger partial charge in [0, 0.05) is 0 Å². The molecule has 1 aromatic carbocycles. The summed E-state index contributed by atoms with van der Waals surface area (Å²) in [4.78, 5) is 0. The second-order valence-corrected chi connectivity index (χ2v) is 8.56. The van der Waals surface area contributed by atoms with Gasteiger partial charge in [-0.1, -0.05) is 32.3 Å². The van der Waals surface area contributed by atoms with Crippen molar-refractivity contribution >= 4 is 0 Å². The molecule has 2 saturated carbocycles. The van der Waals surface area contributed by atoms with E-state index in [4.69, 9.17) is 9.47 Å². The predicted molar refractivity (Wildman–Crippen MR) is 108 cm³/mol. The summed E-state index contributed by atoms with van der Waals surface area (Å²) in [5, 5.41) is 0. The van der Waals surface area contributed by atoms with Gasteiger partial charge in [-0.2, -0.15) is 8.78 Å². The molecule has 0 radical (unpaired) electrons. The zero-order valence-electron chi connectivity index (χ0n) is 17.3. The molecular formula is C24H34F2O2. The standard InChI is InChI=1S/C24H34F2O2/c1-3-15-27-21-13-14-22(24(26)23(21)25)28-16-18-7-11-20(12-8-18)19-9-5-17(4-2)6-10-19/h3,13-15,17-20H,4-12,16H2,1-2H3. The highest BCUT2D eigenvalue weighted by atomic mass is 19.2. The molecule has 0 saturated heterocycles. The Morgan fingerprint density at radius 1 is 0.857 bits per heavy atom. The number of rotatable bonds is 7. The summed E-state index contributed by atoms with van der Waals surface area (Å²) in [5.41, 5.74) is 0. The first-order chi connectivity index (χ1) is 13.6. The summed E-state index contributed by atoms with van der Waals surface area (Å²) in [7, 11) is 0. The molecule has 2 fully saturated rings. The first-order valence-electron chi connectivity index (χ1n) is 11.0. The molecule has 4 heteroatoms. The number of allylic oxidation sites excluding steroid dienone is 1. The topological polar surface area (TPSA) is 18.5 Å². The molecule has 0 heterocycles. The molecule has 0 spiro atoms. The first-order valence-corrected chi connectivity index (χ1v) is 11.0. The van der Waals surface area contributed by atoms with E-state index in [1.807, 2.05) is 0 Å². The average molecular weight is 393 g/mol. The van der Waals surface area contributed by atoms with Crippen LogP contribution in [0.25, 0.3) is 0 Å². The zero-order valence-corrected chi connectivity index (χ0v) is 17.3. The minimum Gasteiger partial charge on any atom is -0.490 e. The Kier molecular flexibility index (Phi) is 7.75. The van der Waals surface area contributed by atoms with Crippen LogP contribution in [0.2, 0.25) is 0 Å². The largest absolute Gasteiger partial charge is 0.490 e. The molecule has 2 aliphatic rings. The molecule has 0 aromatic heterocycles. The molecule has 1 aromatic rings. The van der Waals surface area contributed by atoms with E-state index in [1.165, 1.54) is 63.3 Å². The highest BCUT2D eigenvalue weighted by molar-refractivity contribution is 5.35. The Balaban J connectivity index is 1.45. The third-order valence-corrected chi connectivity index (χ3v) is 6.84. The molecule has 0 atom stereocenters. The molecule has 156 valence electrons. The third-order valence-electron chi connectivity index (χ3n) is 6.84. The van der Waals surface area contributed by atoms with Crippen LogP contribution < -0.4 is 9.47 Å². The van der Waals surface area contributed by atoms with Crippen LogP contribution in [0.3, 0.4) is 0 Å². The van der Waals surface area contributed by atoms with Gasteiger partial charge in [0.1, 0.15) is 0 Å². The van der Waals surface area contributed by atoms with Crippen molar-refractivity contribution in [2.45, 2.75) is 71.6 Å². The van der Waals surface area contributed by atoms with Crippen molar-refractivity contribution in [1.82, 2.24) is 0 Å². The van der Waals surface area contributed by atoms with Crippen LogP contribution in [0.15, 0.2) is 24.5 Å². The average Bonchev–Trinajstić information content (AvgIpc) is 2.74. The third kappa shape index (κ3) is 5.27. The van der Waals surface area contributed by atoms with E-state index in [-0.39, 0.29) is 11.5 Å². The fraction of sp³-hybridized carbons (Fsp3) is 0.667. The van der Waals surface area contributed by atoms with E-state index >= 15 is 0 Å². The maximum atomic E-state index is 14.2. The summed E-state index contributed by atoms with van der Waals surface area (Å²) in [6.45, 7) is 4.52. The molecule has 0 bridgehead atoms. The summed E-state index contributed by atoms with van der Waals surface area (Å²) >= 11 is 0. The molecule has 2 aliphatic carbocycles. The highest BCUT2D eigenvalue weighted by Crippen LogP contribution is 2.42. The van der Waals surface area contributed by atoms with Crippen LogP contribution in [0.1, 0.15) is 71.6 Å².